The minimum absolute atomic E-state index is 0.0912. The standard InChI is InChI=1S/C19H27NO2/c1-13-16-11-15(19(16,2)3)12-17(13)22-18(21)20-10-9-14-7-5-4-6-8-14/h4-8,13,15-17H,9-12H2,1-3H3,(H,20,21)/t13-,15+,16-,17-/m0/s1. The molecule has 1 N–H and O–H groups in total. The Bertz CT molecular complexity index is 525. The van der Waals surface area contributed by atoms with Crippen molar-refractivity contribution >= 4 is 6.09 Å². The van der Waals surface area contributed by atoms with E-state index < -0.39 is 0 Å². The van der Waals surface area contributed by atoms with E-state index in [4.69, 9.17) is 4.74 Å². The van der Waals surface area contributed by atoms with Crippen LogP contribution in [0.15, 0.2) is 30.3 Å². The third-order valence-corrected chi connectivity index (χ3v) is 6.07. The largest absolute Gasteiger partial charge is 0.446 e. The van der Waals surface area contributed by atoms with E-state index in [1.807, 2.05) is 18.2 Å². The number of carbonyl (C=O) groups is 1. The second-order valence-electron chi connectivity index (χ2n) is 7.56. The lowest BCUT2D eigenvalue weighted by atomic mass is 9.45. The summed E-state index contributed by atoms with van der Waals surface area (Å²) in [5.41, 5.74) is 1.67. The fraction of sp³-hybridized carbons (Fsp3) is 0.632. The van der Waals surface area contributed by atoms with E-state index in [2.05, 4.69) is 38.2 Å². The molecule has 1 aromatic rings. The van der Waals surface area contributed by atoms with Crippen LogP contribution in [0.1, 0.15) is 39.2 Å². The van der Waals surface area contributed by atoms with Crippen molar-refractivity contribution in [1.82, 2.24) is 5.32 Å². The summed E-state index contributed by atoms with van der Waals surface area (Å²) >= 11 is 0. The van der Waals surface area contributed by atoms with Gasteiger partial charge in [-0.05, 0) is 48.0 Å². The highest BCUT2D eigenvalue weighted by molar-refractivity contribution is 5.67. The van der Waals surface area contributed by atoms with E-state index in [9.17, 15) is 4.79 Å². The second-order valence-corrected chi connectivity index (χ2v) is 7.56. The molecule has 0 heterocycles. The van der Waals surface area contributed by atoms with Gasteiger partial charge in [-0.15, -0.1) is 0 Å². The van der Waals surface area contributed by atoms with Gasteiger partial charge < -0.3 is 10.1 Å². The Kier molecular flexibility index (Phi) is 4.16. The summed E-state index contributed by atoms with van der Waals surface area (Å²) in [4.78, 5) is 12.0. The van der Waals surface area contributed by atoms with Crippen LogP contribution in [-0.4, -0.2) is 18.7 Å². The van der Waals surface area contributed by atoms with Crippen LogP contribution < -0.4 is 5.32 Å². The van der Waals surface area contributed by atoms with Gasteiger partial charge in [0.15, 0.2) is 0 Å². The van der Waals surface area contributed by atoms with Gasteiger partial charge in [-0.2, -0.15) is 0 Å². The number of nitrogens with one attached hydrogen (secondary N) is 1. The first-order chi connectivity index (χ1) is 10.5. The molecule has 0 spiro atoms. The molecule has 0 radical (unpaired) electrons. The highest BCUT2D eigenvalue weighted by atomic mass is 16.6. The van der Waals surface area contributed by atoms with Crippen LogP contribution in [0.5, 0.6) is 0 Å². The SMILES string of the molecule is C[C@@H]1[C@@H](OC(=O)NCCc2ccccc2)C[C@H]2C[C@@H]1C2(C)C. The third kappa shape index (κ3) is 2.86. The van der Waals surface area contributed by atoms with Gasteiger partial charge in [0.1, 0.15) is 6.10 Å². The third-order valence-electron chi connectivity index (χ3n) is 6.07. The number of alkyl carbamates (subject to hydrolysis) is 1. The average Bonchev–Trinajstić information content (AvgIpc) is 2.49. The van der Waals surface area contributed by atoms with Crippen molar-refractivity contribution in [3.63, 3.8) is 0 Å². The first-order valence-electron chi connectivity index (χ1n) is 8.47. The van der Waals surface area contributed by atoms with Crippen LogP contribution in [0.2, 0.25) is 0 Å². The van der Waals surface area contributed by atoms with Crippen molar-refractivity contribution in [2.24, 2.45) is 23.2 Å². The van der Waals surface area contributed by atoms with Crippen molar-refractivity contribution in [2.75, 3.05) is 6.54 Å². The lowest BCUT2D eigenvalue weighted by Crippen LogP contribution is -2.57. The first kappa shape index (κ1) is 15.4. The van der Waals surface area contributed by atoms with Crippen molar-refractivity contribution in [3.8, 4) is 0 Å². The summed E-state index contributed by atoms with van der Waals surface area (Å²) in [6.07, 6.45) is 3.01. The molecule has 3 aliphatic carbocycles. The molecule has 3 aliphatic rings. The summed E-state index contributed by atoms with van der Waals surface area (Å²) in [5, 5.41) is 2.89. The molecule has 3 fully saturated rings. The van der Waals surface area contributed by atoms with E-state index in [1.165, 1.54) is 12.0 Å². The normalized spacial score (nSPS) is 32.0. The van der Waals surface area contributed by atoms with E-state index in [0.29, 0.717) is 23.8 Å². The zero-order chi connectivity index (χ0) is 15.7. The summed E-state index contributed by atoms with van der Waals surface area (Å²) in [5.74, 6) is 1.89. The van der Waals surface area contributed by atoms with Gasteiger partial charge in [-0.3, -0.25) is 0 Å². The monoisotopic (exact) mass is 301 g/mol. The topological polar surface area (TPSA) is 38.3 Å². The highest BCUT2D eigenvalue weighted by Crippen LogP contribution is 2.61. The number of carbonyl (C=O) groups excluding carboxylic acids is 1. The fourth-order valence-corrected chi connectivity index (χ4v) is 4.39. The number of hydrogen-bond acceptors (Lipinski definition) is 2. The van der Waals surface area contributed by atoms with Gasteiger partial charge >= 0.3 is 6.09 Å². The number of amides is 1. The van der Waals surface area contributed by atoms with Crippen LogP contribution in [0.3, 0.4) is 0 Å². The first-order valence-corrected chi connectivity index (χ1v) is 8.47. The predicted octanol–water partition coefficient (Wildman–Crippen LogP) is 4.03. The Labute approximate surface area is 133 Å². The molecule has 3 nitrogen and oxygen atoms in total. The molecule has 1 aromatic carbocycles. The van der Waals surface area contributed by atoms with Gasteiger partial charge in [0.05, 0.1) is 0 Å². The van der Waals surface area contributed by atoms with E-state index in [-0.39, 0.29) is 12.2 Å². The van der Waals surface area contributed by atoms with Crippen LogP contribution in [0, 0.1) is 23.2 Å². The Morgan fingerprint density at radius 2 is 2.00 bits per heavy atom. The van der Waals surface area contributed by atoms with Crippen molar-refractivity contribution in [2.45, 2.75) is 46.1 Å². The molecule has 0 aliphatic heterocycles. The highest BCUT2D eigenvalue weighted by Gasteiger charge is 2.57. The van der Waals surface area contributed by atoms with E-state index >= 15 is 0 Å². The maximum absolute atomic E-state index is 12.0. The molecule has 3 saturated carbocycles. The summed E-state index contributed by atoms with van der Waals surface area (Å²) in [6.45, 7) is 7.59. The van der Waals surface area contributed by atoms with E-state index in [0.717, 1.165) is 18.8 Å². The van der Waals surface area contributed by atoms with Crippen molar-refractivity contribution in [3.05, 3.63) is 35.9 Å². The molecular weight excluding hydrogens is 274 g/mol. The summed E-state index contributed by atoms with van der Waals surface area (Å²) < 4.78 is 5.69. The van der Waals surface area contributed by atoms with Gasteiger partial charge in [0.2, 0.25) is 0 Å². The maximum Gasteiger partial charge on any atom is 0.407 e. The van der Waals surface area contributed by atoms with E-state index in [1.54, 1.807) is 0 Å². The number of hydrogen-bond donors (Lipinski definition) is 1. The minimum atomic E-state index is -0.258. The number of benzene rings is 1. The zero-order valence-electron chi connectivity index (χ0n) is 13.8. The Balaban J connectivity index is 1.43. The Hall–Kier alpha value is -1.51. The lowest BCUT2D eigenvalue weighted by Gasteiger charge is -2.61. The predicted molar refractivity (Wildman–Crippen MR) is 87.6 cm³/mol. The summed E-state index contributed by atoms with van der Waals surface area (Å²) in [6, 6.07) is 10.2. The molecule has 0 saturated heterocycles. The fourth-order valence-electron chi connectivity index (χ4n) is 4.39. The molecular formula is C19H27NO2. The molecule has 22 heavy (non-hydrogen) atoms. The smallest absolute Gasteiger partial charge is 0.407 e. The molecule has 0 aromatic heterocycles. The molecule has 2 bridgehead atoms. The molecule has 1 amide bonds. The molecule has 120 valence electrons. The van der Waals surface area contributed by atoms with Crippen molar-refractivity contribution < 1.29 is 9.53 Å². The number of rotatable bonds is 4. The van der Waals surface area contributed by atoms with Crippen LogP contribution in [0.4, 0.5) is 4.79 Å². The molecule has 3 heteroatoms. The quantitative estimate of drug-likeness (QED) is 0.912. The van der Waals surface area contributed by atoms with Crippen LogP contribution >= 0.6 is 0 Å². The second kappa shape index (κ2) is 5.94. The molecule has 4 atom stereocenters. The summed E-state index contributed by atoms with van der Waals surface area (Å²) in [7, 11) is 0. The van der Waals surface area contributed by atoms with Gasteiger partial charge in [-0.25, -0.2) is 4.79 Å². The van der Waals surface area contributed by atoms with Crippen molar-refractivity contribution in [1.29, 1.82) is 0 Å². The van der Waals surface area contributed by atoms with Gasteiger partial charge in [-0.1, -0.05) is 51.1 Å². The number of ether oxygens (including phenoxy) is 1. The van der Waals surface area contributed by atoms with Crippen LogP contribution in [-0.2, 0) is 11.2 Å². The van der Waals surface area contributed by atoms with Crippen LogP contribution in [0.25, 0.3) is 0 Å². The average molecular weight is 301 g/mol. The Morgan fingerprint density at radius 1 is 1.27 bits per heavy atom. The zero-order valence-corrected chi connectivity index (χ0v) is 13.8. The van der Waals surface area contributed by atoms with Gasteiger partial charge in [0, 0.05) is 6.54 Å². The lowest BCUT2D eigenvalue weighted by molar-refractivity contribution is -0.155. The molecule has 4 rings (SSSR count). The van der Waals surface area contributed by atoms with Gasteiger partial charge in [0.25, 0.3) is 0 Å². The maximum atomic E-state index is 12.0. The number of fused-ring (bicyclic) bond motifs is 2. The minimum Gasteiger partial charge on any atom is -0.446 e. The molecule has 0 unspecified atom stereocenters. The Morgan fingerprint density at radius 3 is 2.64 bits per heavy atom.